The Morgan fingerprint density at radius 1 is 1.30 bits per heavy atom. The summed E-state index contributed by atoms with van der Waals surface area (Å²) in [5.41, 5.74) is 1.80. The smallest absolute Gasteiger partial charge is 0.180 e. The number of likely N-dealkylation sites (tertiary alicyclic amines) is 1. The first kappa shape index (κ1) is 14.4. The van der Waals surface area contributed by atoms with Gasteiger partial charge in [-0.25, -0.2) is 9.98 Å². The Balaban J connectivity index is 1.74. The molecule has 1 unspecified atom stereocenters. The van der Waals surface area contributed by atoms with Crippen molar-refractivity contribution in [3.8, 4) is 11.4 Å². The molecule has 2 aromatic rings. The second kappa shape index (κ2) is 5.81. The quantitative estimate of drug-likeness (QED) is 0.880. The van der Waals surface area contributed by atoms with Crippen LogP contribution in [-0.2, 0) is 7.05 Å². The van der Waals surface area contributed by atoms with Crippen molar-refractivity contribution in [3.63, 3.8) is 0 Å². The maximum Gasteiger partial charge on any atom is 0.180 e. The topological polar surface area (TPSA) is 65.3 Å². The third-order valence-corrected chi connectivity index (χ3v) is 4.47. The average Bonchev–Trinajstić information content (AvgIpc) is 3.26. The van der Waals surface area contributed by atoms with E-state index in [4.69, 9.17) is 9.98 Å². The zero-order valence-corrected chi connectivity index (χ0v) is 13.7. The van der Waals surface area contributed by atoms with Gasteiger partial charge in [0.1, 0.15) is 11.2 Å². The number of nitrogens with one attached hydrogen (secondary N) is 1. The first-order valence-corrected chi connectivity index (χ1v) is 8.39. The second-order valence-electron chi connectivity index (χ2n) is 6.31. The van der Waals surface area contributed by atoms with Crippen LogP contribution < -0.4 is 10.8 Å². The molecule has 23 heavy (non-hydrogen) atoms. The number of fused-ring (bicyclic) bond motifs is 1. The number of hydrogen-bond acceptors (Lipinski definition) is 5. The highest BCUT2D eigenvalue weighted by Gasteiger charge is 2.27. The summed E-state index contributed by atoms with van der Waals surface area (Å²) in [4.78, 5) is 17.8. The highest BCUT2D eigenvalue weighted by molar-refractivity contribution is 5.52. The molecule has 0 aromatic carbocycles. The van der Waals surface area contributed by atoms with E-state index in [1.54, 1.807) is 4.68 Å². The summed E-state index contributed by atoms with van der Waals surface area (Å²) in [6, 6.07) is 0. The van der Waals surface area contributed by atoms with Gasteiger partial charge in [0.25, 0.3) is 0 Å². The van der Waals surface area contributed by atoms with Gasteiger partial charge in [0, 0.05) is 39.1 Å². The number of hydrogen-bond donors (Lipinski definition) is 1. The minimum atomic E-state index is 0.0926. The summed E-state index contributed by atoms with van der Waals surface area (Å²) in [7, 11) is 1.91. The lowest BCUT2D eigenvalue weighted by atomic mass is 10.3. The Labute approximate surface area is 135 Å². The van der Waals surface area contributed by atoms with Crippen LogP contribution in [0.25, 0.3) is 17.6 Å². The summed E-state index contributed by atoms with van der Waals surface area (Å²) in [6.07, 6.45) is 9.70. The second-order valence-corrected chi connectivity index (χ2v) is 6.31. The molecule has 2 aromatic heterocycles. The Morgan fingerprint density at radius 3 is 2.83 bits per heavy atom. The highest BCUT2D eigenvalue weighted by atomic mass is 15.4. The SMILES string of the molecule is CCCN1C=c2[nH]c(-c3cnn(C)c3)nc2=NC1N1CCCC1. The van der Waals surface area contributed by atoms with Crippen molar-refractivity contribution in [2.24, 2.45) is 12.0 Å². The van der Waals surface area contributed by atoms with E-state index in [2.05, 4.69) is 33.0 Å². The molecule has 1 atom stereocenters. The predicted octanol–water partition coefficient (Wildman–Crippen LogP) is 0.273. The number of imidazole rings is 1. The van der Waals surface area contributed by atoms with Gasteiger partial charge in [-0.05, 0) is 19.3 Å². The van der Waals surface area contributed by atoms with Gasteiger partial charge in [0.15, 0.2) is 11.8 Å². The van der Waals surface area contributed by atoms with Crippen LogP contribution in [0.4, 0.5) is 0 Å². The summed E-state index contributed by atoms with van der Waals surface area (Å²) >= 11 is 0. The van der Waals surface area contributed by atoms with Gasteiger partial charge in [-0.15, -0.1) is 0 Å². The molecule has 7 nitrogen and oxygen atoms in total. The fourth-order valence-corrected chi connectivity index (χ4v) is 3.36. The normalized spacial score (nSPS) is 21.1. The van der Waals surface area contributed by atoms with Gasteiger partial charge < -0.3 is 9.88 Å². The number of aromatic amines is 1. The minimum Gasteiger partial charge on any atom is -0.342 e. The van der Waals surface area contributed by atoms with Gasteiger partial charge in [-0.1, -0.05) is 6.92 Å². The van der Waals surface area contributed by atoms with E-state index in [1.165, 1.54) is 12.8 Å². The van der Waals surface area contributed by atoms with E-state index in [-0.39, 0.29) is 6.29 Å². The maximum absolute atomic E-state index is 4.93. The predicted molar refractivity (Wildman–Crippen MR) is 87.6 cm³/mol. The van der Waals surface area contributed by atoms with Crippen LogP contribution in [-0.4, -0.2) is 55.5 Å². The van der Waals surface area contributed by atoms with Crippen LogP contribution >= 0.6 is 0 Å². The first-order chi connectivity index (χ1) is 11.2. The monoisotopic (exact) mass is 313 g/mol. The molecule has 1 fully saturated rings. The molecule has 122 valence electrons. The van der Waals surface area contributed by atoms with Crippen molar-refractivity contribution in [2.45, 2.75) is 32.5 Å². The Hall–Kier alpha value is -2.15. The largest absolute Gasteiger partial charge is 0.342 e. The van der Waals surface area contributed by atoms with Gasteiger partial charge in [-0.3, -0.25) is 9.58 Å². The van der Waals surface area contributed by atoms with Crippen LogP contribution in [0.15, 0.2) is 17.4 Å². The molecule has 0 radical (unpaired) electrons. The van der Waals surface area contributed by atoms with Crippen LogP contribution in [0.1, 0.15) is 26.2 Å². The molecule has 0 aliphatic carbocycles. The van der Waals surface area contributed by atoms with Crippen molar-refractivity contribution < 1.29 is 0 Å². The lowest BCUT2D eigenvalue weighted by Gasteiger charge is -2.34. The van der Waals surface area contributed by atoms with Crippen LogP contribution in [0.5, 0.6) is 0 Å². The number of nitrogens with zero attached hydrogens (tertiary/aromatic N) is 6. The summed E-state index contributed by atoms with van der Waals surface area (Å²) in [5, 5.41) is 5.21. The third kappa shape index (κ3) is 2.65. The van der Waals surface area contributed by atoms with E-state index in [1.807, 2.05) is 19.4 Å². The Morgan fingerprint density at radius 2 is 2.13 bits per heavy atom. The zero-order chi connectivity index (χ0) is 15.8. The van der Waals surface area contributed by atoms with Crippen molar-refractivity contribution in [2.75, 3.05) is 19.6 Å². The first-order valence-electron chi connectivity index (χ1n) is 8.39. The summed E-state index contributed by atoms with van der Waals surface area (Å²) in [6.45, 7) is 5.46. The molecular formula is C16H23N7. The van der Waals surface area contributed by atoms with Crippen LogP contribution in [0.3, 0.4) is 0 Å². The highest BCUT2D eigenvalue weighted by Crippen LogP contribution is 2.18. The molecule has 0 amide bonds. The molecule has 4 heterocycles. The van der Waals surface area contributed by atoms with E-state index in [9.17, 15) is 0 Å². The van der Waals surface area contributed by atoms with Crippen molar-refractivity contribution >= 4 is 6.20 Å². The lowest BCUT2D eigenvalue weighted by molar-refractivity contribution is 0.112. The molecule has 7 heteroatoms. The lowest BCUT2D eigenvalue weighted by Crippen LogP contribution is -2.50. The fourth-order valence-electron chi connectivity index (χ4n) is 3.36. The molecule has 0 bridgehead atoms. The van der Waals surface area contributed by atoms with E-state index >= 15 is 0 Å². The van der Waals surface area contributed by atoms with Crippen LogP contribution in [0, 0.1) is 0 Å². The number of H-pyrrole nitrogens is 1. The zero-order valence-electron chi connectivity index (χ0n) is 13.7. The van der Waals surface area contributed by atoms with Crippen LogP contribution in [0.2, 0.25) is 0 Å². The van der Waals surface area contributed by atoms with E-state index < -0.39 is 0 Å². The molecule has 1 saturated heterocycles. The van der Waals surface area contributed by atoms with Crippen molar-refractivity contribution in [1.29, 1.82) is 0 Å². The van der Waals surface area contributed by atoms with Crippen molar-refractivity contribution in [1.82, 2.24) is 29.5 Å². The van der Waals surface area contributed by atoms with Crippen molar-refractivity contribution in [3.05, 3.63) is 23.2 Å². The molecular weight excluding hydrogens is 290 g/mol. The number of aryl methyl sites for hydroxylation is 1. The molecule has 2 aliphatic heterocycles. The molecule has 0 saturated carbocycles. The molecule has 0 spiro atoms. The Bertz CT molecular complexity index is 797. The summed E-state index contributed by atoms with van der Waals surface area (Å²) in [5.74, 6) is 0.835. The fraction of sp³-hybridized carbons (Fsp3) is 0.562. The van der Waals surface area contributed by atoms with Gasteiger partial charge in [0.05, 0.1) is 11.8 Å². The Kier molecular flexibility index (Phi) is 3.65. The molecule has 1 N–H and O–H groups in total. The average molecular weight is 313 g/mol. The standard InChI is InChI=1S/C16H23N7/c1-3-6-23-11-13-15(20-16(23)22-7-4-5-8-22)19-14(18-13)12-9-17-21(2)10-12/h9-11,16H,3-8H2,1-2H3,(H,18,19,20). The minimum absolute atomic E-state index is 0.0926. The number of rotatable bonds is 4. The van der Waals surface area contributed by atoms with E-state index in [0.29, 0.717) is 0 Å². The van der Waals surface area contributed by atoms with Gasteiger partial charge in [-0.2, -0.15) is 5.10 Å². The molecule has 4 rings (SSSR count). The number of aromatic nitrogens is 4. The molecule has 2 aliphatic rings. The third-order valence-electron chi connectivity index (χ3n) is 4.47. The van der Waals surface area contributed by atoms with E-state index in [0.717, 1.165) is 48.3 Å². The van der Waals surface area contributed by atoms with Gasteiger partial charge >= 0.3 is 0 Å². The summed E-state index contributed by atoms with van der Waals surface area (Å²) < 4.78 is 1.79. The maximum atomic E-state index is 4.93. The van der Waals surface area contributed by atoms with Gasteiger partial charge in [0.2, 0.25) is 0 Å².